The standard InChI is InChI=1S/C20H22N4O2S/c1-3-12-21-19(26)20-22-17(14-8-6-5-7-9-14)18(27-20)15-10-11-16(25)24(23-15)13-4-2/h5-11H,3-4,12-13H2,1-2H3,(H,21,26). The van der Waals surface area contributed by atoms with Crippen molar-refractivity contribution in [1.82, 2.24) is 20.1 Å². The van der Waals surface area contributed by atoms with Gasteiger partial charge in [-0.3, -0.25) is 9.59 Å². The van der Waals surface area contributed by atoms with Crippen LogP contribution in [-0.2, 0) is 6.54 Å². The number of carbonyl (C=O) groups is 1. The van der Waals surface area contributed by atoms with E-state index in [0.29, 0.717) is 29.5 Å². The molecule has 1 amide bonds. The topological polar surface area (TPSA) is 76.9 Å². The highest BCUT2D eigenvalue weighted by Gasteiger charge is 2.20. The maximum Gasteiger partial charge on any atom is 0.280 e. The predicted octanol–water partition coefficient (Wildman–Crippen LogP) is 3.58. The largest absolute Gasteiger partial charge is 0.350 e. The summed E-state index contributed by atoms with van der Waals surface area (Å²) in [6.45, 7) is 5.16. The second-order valence-electron chi connectivity index (χ2n) is 6.10. The zero-order chi connectivity index (χ0) is 19.2. The molecule has 0 radical (unpaired) electrons. The fourth-order valence-corrected chi connectivity index (χ4v) is 3.61. The Labute approximate surface area is 161 Å². The van der Waals surface area contributed by atoms with Crippen LogP contribution in [0.4, 0.5) is 0 Å². The van der Waals surface area contributed by atoms with E-state index in [2.05, 4.69) is 15.4 Å². The van der Waals surface area contributed by atoms with E-state index in [1.54, 1.807) is 6.07 Å². The summed E-state index contributed by atoms with van der Waals surface area (Å²) in [5, 5.41) is 7.76. The van der Waals surface area contributed by atoms with Crippen LogP contribution in [0.15, 0.2) is 47.3 Å². The molecule has 0 aliphatic heterocycles. The van der Waals surface area contributed by atoms with Crippen molar-refractivity contribution in [2.75, 3.05) is 6.54 Å². The molecule has 3 rings (SSSR count). The smallest absolute Gasteiger partial charge is 0.280 e. The molecule has 1 N–H and O–H groups in total. The first-order valence-corrected chi connectivity index (χ1v) is 9.88. The summed E-state index contributed by atoms with van der Waals surface area (Å²) in [5.74, 6) is -0.188. The van der Waals surface area contributed by atoms with Gasteiger partial charge in [-0.25, -0.2) is 9.67 Å². The fraction of sp³-hybridized carbons (Fsp3) is 0.300. The van der Waals surface area contributed by atoms with Crippen molar-refractivity contribution in [2.24, 2.45) is 0 Å². The summed E-state index contributed by atoms with van der Waals surface area (Å²) >= 11 is 1.30. The molecular formula is C20H22N4O2S. The van der Waals surface area contributed by atoms with Gasteiger partial charge in [0.1, 0.15) is 5.69 Å². The number of hydrogen-bond donors (Lipinski definition) is 1. The molecule has 0 aliphatic carbocycles. The van der Waals surface area contributed by atoms with Crippen molar-refractivity contribution in [3.8, 4) is 21.8 Å². The predicted molar refractivity (Wildman–Crippen MR) is 108 cm³/mol. The second-order valence-corrected chi connectivity index (χ2v) is 7.10. The van der Waals surface area contributed by atoms with E-state index in [1.165, 1.54) is 22.1 Å². The van der Waals surface area contributed by atoms with Crippen molar-refractivity contribution >= 4 is 17.2 Å². The van der Waals surface area contributed by atoms with Crippen molar-refractivity contribution in [3.63, 3.8) is 0 Å². The summed E-state index contributed by atoms with van der Waals surface area (Å²) < 4.78 is 1.46. The minimum Gasteiger partial charge on any atom is -0.350 e. The number of nitrogens with one attached hydrogen (secondary N) is 1. The Balaban J connectivity index is 2.10. The minimum absolute atomic E-state index is 0.132. The van der Waals surface area contributed by atoms with Crippen LogP contribution >= 0.6 is 11.3 Å². The number of thiazole rings is 1. The number of carbonyl (C=O) groups excluding carboxylic acids is 1. The van der Waals surface area contributed by atoms with Gasteiger partial charge in [0.05, 0.1) is 10.6 Å². The van der Waals surface area contributed by atoms with E-state index in [9.17, 15) is 9.59 Å². The van der Waals surface area contributed by atoms with E-state index in [4.69, 9.17) is 0 Å². The zero-order valence-electron chi connectivity index (χ0n) is 15.4. The first-order chi connectivity index (χ1) is 13.1. The van der Waals surface area contributed by atoms with Crippen molar-refractivity contribution < 1.29 is 4.79 Å². The molecule has 2 aromatic heterocycles. The lowest BCUT2D eigenvalue weighted by atomic mass is 10.1. The second kappa shape index (κ2) is 8.73. The van der Waals surface area contributed by atoms with Gasteiger partial charge in [-0.05, 0) is 18.9 Å². The molecule has 0 saturated carbocycles. The molecule has 0 saturated heterocycles. The van der Waals surface area contributed by atoms with Gasteiger partial charge in [-0.15, -0.1) is 11.3 Å². The normalized spacial score (nSPS) is 10.7. The SMILES string of the molecule is CCCNC(=O)c1nc(-c2ccccc2)c(-c2ccc(=O)n(CCC)n2)s1. The molecule has 0 bridgehead atoms. The van der Waals surface area contributed by atoms with Crippen LogP contribution < -0.4 is 10.9 Å². The molecule has 0 spiro atoms. The van der Waals surface area contributed by atoms with Gasteiger partial charge < -0.3 is 5.32 Å². The van der Waals surface area contributed by atoms with Crippen LogP contribution in [0.2, 0.25) is 0 Å². The third kappa shape index (κ3) is 4.31. The van der Waals surface area contributed by atoms with Crippen molar-refractivity contribution in [2.45, 2.75) is 33.2 Å². The molecule has 0 aliphatic rings. The first-order valence-electron chi connectivity index (χ1n) is 9.07. The van der Waals surface area contributed by atoms with Crippen LogP contribution in [0.5, 0.6) is 0 Å². The quantitative estimate of drug-likeness (QED) is 0.677. The van der Waals surface area contributed by atoms with Gasteiger partial charge in [0.2, 0.25) is 0 Å². The zero-order valence-corrected chi connectivity index (χ0v) is 16.3. The Morgan fingerprint density at radius 1 is 1.11 bits per heavy atom. The molecule has 6 nitrogen and oxygen atoms in total. The maximum atomic E-state index is 12.4. The molecule has 0 fully saturated rings. The van der Waals surface area contributed by atoms with Crippen molar-refractivity contribution in [3.05, 3.63) is 57.8 Å². The van der Waals surface area contributed by atoms with Gasteiger partial charge in [-0.1, -0.05) is 44.2 Å². The summed E-state index contributed by atoms with van der Waals surface area (Å²) in [5.41, 5.74) is 2.13. The van der Waals surface area contributed by atoms with Gasteiger partial charge in [0.15, 0.2) is 5.01 Å². The molecular weight excluding hydrogens is 360 g/mol. The van der Waals surface area contributed by atoms with Crippen molar-refractivity contribution in [1.29, 1.82) is 0 Å². The molecule has 0 unspecified atom stereocenters. The summed E-state index contributed by atoms with van der Waals surface area (Å²) in [6.07, 6.45) is 1.67. The number of rotatable bonds is 7. The van der Waals surface area contributed by atoms with Crippen LogP contribution in [0.1, 0.15) is 36.5 Å². The number of aromatic nitrogens is 3. The third-order valence-corrected chi connectivity index (χ3v) is 5.02. The first kappa shape index (κ1) is 19.0. The Bertz CT molecular complexity index is 979. The monoisotopic (exact) mass is 382 g/mol. The van der Waals surface area contributed by atoms with Crippen LogP contribution in [0.25, 0.3) is 21.8 Å². The fourth-order valence-electron chi connectivity index (χ4n) is 2.64. The summed E-state index contributed by atoms with van der Waals surface area (Å²) in [6, 6.07) is 12.9. The molecule has 7 heteroatoms. The highest BCUT2D eigenvalue weighted by Crippen LogP contribution is 2.35. The Kier molecular flexibility index (Phi) is 6.13. The summed E-state index contributed by atoms with van der Waals surface area (Å²) in [7, 11) is 0. The number of hydrogen-bond acceptors (Lipinski definition) is 5. The number of amides is 1. The lowest BCUT2D eigenvalue weighted by molar-refractivity contribution is 0.0953. The highest BCUT2D eigenvalue weighted by molar-refractivity contribution is 7.17. The highest BCUT2D eigenvalue weighted by atomic mass is 32.1. The average molecular weight is 382 g/mol. The van der Waals surface area contributed by atoms with E-state index < -0.39 is 0 Å². The molecule has 2 heterocycles. The van der Waals surface area contributed by atoms with E-state index in [0.717, 1.165) is 23.3 Å². The Hall–Kier alpha value is -2.80. The van der Waals surface area contributed by atoms with Crippen LogP contribution in [0.3, 0.4) is 0 Å². The third-order valence-electron chi connectivity index (χ3n) is 3.94. The van der Waals surface area contributed by atoms with E-state index in [-0.39, 0.29) is 11.5 Å². The average Bonchev–Trinajstić information content (AvgIpc) is 3.14. The van der Waals surface area contributed by atoms with Crippen LogP contribution in [0, 0.1) is 0 Å². The Morgan fingerprint density at radius 2 is 1.89 bits per heavy atom. The lowest BCUT2D eigenvalue weighted by Gasteiger charge is -2.06. The van der Waals surface area contributed by atoms with Gasteiger partial charge in [-0.2, -0.15) is 5.10 Å². The summed E-state index contributed by atoms with van der Waals surface area (Å²) in [4.78, 5) is 29.8. The van der Waals surface area contributed by atoms with Gasteiger partial charge in [0, 0.05) is 24.7 Å². The molecule has 140 valence electrons. The van der Waals surface area contributed by atoms with Crippen LogP contribution in [-0.4, -0.2) is 27.2 Å². The minimum atomic E-state index is -0.188. The van der Waals surface area contributed by atoms with Gasteiger partial charge >= 0.3 is 0 Å². The lowest BCUT2D eigenvalue weighted by Crippen LogP contribution is -2.23. The number of nitrogens with zero attached hydrogens (tertiary/aromatic N) is 3. The molecule has 0 atom stereocenters. The van der Waals surface area contributed by atoms with Gasteiger partial charge in [0.25, 0.3) is 11.5 Å². The molecule has 1 aromatic carbocycles. The maximum absolute atomic E-state index is 12.4. The Morgan fingerprint density at radius 3 is 2.59 bits per heavy atom. The number of benzene rings is 1. The molecule has 3 aromatic rings. The molecule has 27 heavy (non-hydrogen) atoms. The van der Waals surface area contributed by atoms with E-state index in [1.807, 2.05) is 44.2 Å². The van der Waals surface area contributed by atoms with E-state index >= 15 is 0 Å². The number of aryl methyl sites for hydroxylation is 1.